The van der Waals surface area contributed by atoms with E-state index in [2.05, 4.69) is 137 Å². The van der Waals surface area contributed by atoms with Crippen LogP contribution in [0.25, 0.3) is 22.5 Å². The lowest BCUT2D eigenvalue weighted by Crippen LogP contribution is -2.39. The van der Waals surface area contributed by atoms with E-state index in [1.807, 2.05) is 47.1 Å². The predicted octanol–water partition coefficient (Wildman–Crippen LogP) is 10.2. The molecule has 3 heterocycles. The Balaban J connectivity index is 1.21. The summed E-state index contributed by atoms with van der Waals surface area (Å²) in [4.78, 5) is 9.43. The second-order valence-corrected chi connectivity index (χ2v) is 14.1. The first-order valence-corrected chi connectivity index (χ1v) is 19.3. The maximum Gasteiger partial charge on any atom is 0.184 e. The van der Waals surface area contributed by atoms with Crippen LogP contribution in [-0.4, -0.2) is 41.9 Å². The summed E-state index contributed by atoms with van der Waals surface area (Å²) in [7, 11) is 1.69. The van der Waals surface area contributed by atoms with Crippen LogP contribution in [0.2, 0.25) is 5.15 Å². The first kappa shape index (κ1) is 36.7. The summed E-state index contributed by atoms with van der Waals surface area (Å²) in [6, 6.07) is 54.2. The number of benzene rings is 5. The maximum absolute atomic E-state index is 6.89. The Morgan fingerprint density at radius 1 is 0.696 bits per heavy atom. The van der Waals surface area contributed by atoms with Crippen molar-refractivity contribution < 1.29 is 4.74 Å². The van der Waals surface area contributed by atoms with Crippen molar-refractivity contribution in [2.45, 2.75) is 44.4 Å². The molecule has 0 aliphatic heterocycles. The number of rotatable bonds is 14. The fraction of sp³-hybridized carbons (Fsp3) is 0.170. The number of aromatic nitrogens is 7. The lowest BCUT2D eigenvalue weighted by Gasteiger charge is -2.36. The van der Waals surface area contributed by atoms with Crippen LogP contribution in [0.3, 0.4) is 0 Å². The number of methoxy groups -OCH3 is 1. The molecule has 3 aromatic heterocycles. The van der Waals surface area contributed by atoms with Crippen LogP contribution < -0.4 is 0 Å². The quantitative estimate of drug-likeness (QED) is 0.103. The standard InChI is InChI=1S/C47H42ClN7O/c1-3-4-27-42-50-45(48)43(44(56-2)41-26-16-17-32-49-41)54(42)33-34-28-30-35(31-29-34)39-24-14-15-25-40(39)46-51-52-53-55(46)47(36-18-8-5-9-19-36,37-20-10-6-11-21-37)38-22-12-7-13-23-38/h5-26,28-32,44H,3-4,27,33H2,1-2H3. The molecule has 0 N–H and O–H groups in total. The number of hydrogen-bond donors (Lipinski definition) is 0. The molecule has 278 valence electrons. The number of tetrazole rings is 1. The van der Waals surface area contributed by atoms with Gasteiger partial charge in [0, 0.05) is 31.8 Å². The molecular formula is C47H42ClN7O. The fourth-order valence-electron chi connectivity index (χ4n) is 7.72. The van der Waals surface area contributed by atoms with Crippen molar-refractivity contribution in [3.8, 4) is 22.5 Å². The highest BCUT2D eigenvalue weighted by molar-refractivity contribution is 6.30. The highest BCUT2D eigenvalue weighted by Gasteiger charge is 2.42. The van der Waals surface area contributed by atoms with E-state index in [-0.39, 0.29) is 0 Å². The van der Waals surface area contributed by atoms with Gasteiger partial charge in [-0.2, -0.15) is 0 Å². The monoisotopic (exact) mass is 755 g/mol. The third-order valence-electron chi connectivity index (χ3n) is 10.4. The summed E-state index contributed by atoms with van der Waals surface area (Å²) in [6.45, 7) is 2.76. The van der Waals surface area contributed by atoms with Crippen molar-refractivity contribution >= 4 is 11.6 Å². The molecule has 0 amide bonds. The first-order chi connectivity index (χ1) is 27.6. The van der Waals surface area contributed by atoms with Gasteiger partial charge in [-0.1, -0.05) is 171 Å². The molecule has 0 fully saturated rings. The lowest BCUT2D eigenvalue weighted by molar-refractivity contribution is 0.126. The van der Waals surface area contributed by atoms with E-state index in [9.17, 15) is 0 Å². The highest BCUT2D eigenvalue weighted by Crippen LogP contribution is 2.43. The van der Waals surface area contributed by atoms with Gasteiger partial charge in [-0.05, 0) is 62.4 Å². The molecule has 0 bridgehead atoms. The first-order valence-electron chi connectivity index (χ1n) is 19.0. The number of aryl methyl sites for hydroxylation is 1. The van der Waals surface area contributed by atoms with Crippen LogP contribution in [-0.2, 0) is 23.2 Å². The molecule has 0 saturated carbocycles. The van der Waals surface area contributed by atoms with Gasteiger partial charge in [-0.15, -0.1) is 5.10 Å². The van der Waals surface area contributed by atoms with Crippen molar-refractivity contribution in [3.05, 3.63) is 209 Å². The second-order valence-electron chi connectivity index (χ2n) is 13.7. The minimum atomic E-state index is -0.867. The Morgan fingerprint density at radius 2 is 1.29 bits per heavy atom. The fourth-order valence-corrected chi connectivity index (χ4v) is 8.02. The van der Waals surface area contributed by atoms with Crippen molar-refractivity contribution in [2.75, 3.05) is 7.11 Å². The van der Waals surface area contributed by atoms with Crippen LogP contribution >= 0.6 is 11.6 Å². The Labute approximate surface area is 332 Å². The summed E-state index contributed by atoms with van der Waals surface area (Å²) in [5.41, 5.74) is 7.94. The predicted molar refractivity (Wildman–Crippen MR) is 221 cm³/mol. The van der Waals surface area contributed by atoms with Gasteiger partial charge in [0.2, 0.25) is 0 Å². The smallest absolute Gasteiger partial charge is 0.184 e. The number of ether oxygens (including phenoxy) is 1. The van der Waals surface area contributed by atoms with Crippen LogP contribution in [0.15, 0.2) is 164 Å². The average molecular weight is 756 g/mol. The molecule has 9 heteroatoms. The number of imidazole rings is 1. The van der Waals surface area contributed by atoms with E-state index >= 15 is 0 Å². The molecular weight excluding hydrogens is 714 g/mol. The normalized spacial score (nSPS) is 12.1. The Hall–Kier alpha value is -6.22. The van der Waals surface area contributed by atoms with Crippen molar-refractivity contribution in [1.82, 2.24) is 34.7 Å². The number of hydrogen-bond acceptors (Lipinski definition) is 6. The number of nitrogens with zero attached hydrogens (tertiary/aromatic N) is 7. The molecule has 0 spiro atoms. The van der Waals surface area contributed by atoms with Gasteiger partial charge in [-0.3, -0.25) is 4.98 Å². The Morgan fingerprint density at radius 3 is 1.86 bits per heavy atom. The zero-order valence-electron chi connectivity index (χ0n) is 31.4. The number of halogens is 1. The van der Waals surface area contributed by atoms with E-state index in [1.54, 1.807) is 13.3 Å². The van der Waals surface area contributed by atoms with Crippen molar-refractivity contribution in [2.24, 2.45) is 0 Å². The van der Waals surface area contributed by atoms with Gasteiger partial charge in [0.25, 0.3) is 0 Å². The summed E-state index contributed by atoms with van der Waals surface area (Å²) in [6.07, 6.45) is 4.18. The van der Waals surface area contributed by atoms with Gasteiger partial charge in [0.1, 0.15) is 17.5 Å². The van der Waals surface area contributed by atoms with Crippen molar-refractivity contribution in [1.29, 1.82) is 0 Å². The topological polar surface area (TPSA) is 83.5 Å². The van der Waals surface area contributed by atoms with E-state index in [4.69, 9.17) is 31.6 Å². The third-order valence-corrected chi connectivity index (χ3v) is 10.6. The molecule has 5 aromatic carbocycles. The minimum Gasteiger partial charge on any atom is -0.369 e. The number of pyridine rings is 1. The lowest BCUT2D eigenvalue weighted by atomic mass is 9.77. The van der Waals surface area contributed by atoms with Gasteiger partial charge in [0.05, 0.1) is 11.4 Å². The molecule has 0 radical (unpaired) electrons. The Bertz CT molecular complexity index is 2390. The third kappa shape index (κ3) is 6.94. The van der Waals surface area contributed by atoms with Gasteiger partial charge in [0.15, 0.2) is 11.0 Å². The van der Waals surface area contributed by atoms with Gasteiger partial charge >= 0.3 is 0 Å². The summed E-state index contributed by atoms with van der Waals surface area (Å²) >= 11 is 6.89. The molecule has 0 aliphatic carbocycles. The molecule has 8 aromatic rings. The minimum absolute atomic E-state index is 0.439. The van der Waals surface area contributed by atoms with E-state index < -0.39 is 11.6 Å². The second kappa shape index (κ2) is 16.7. The Kier molecular flexibility index (Phi) is 10.9. The average Bonchev–Trinajstić information content (AvgIpc) is 3.87. The maximum atomic E-state index is 6.89. The zero-order chi connectivity index (χ0) is 38.3. The largest absolute Gasteiger partial charge is 0.369 e. The van der Waals surface area contributed by atoms with Gasteiger partial charge in [-0.25, -0.2) is 9.67 Å². The summed E-state index contributed by atoms with van der Waals surface area (Å²) in [5, 5.41) is 14.3. The van der Waals surface area contributed by atoms with Crippen LogP contribution in [0.1, 0.15) is 65.3 Å². The molecule has 8 nitrogen and oxygen atoms in total. The van der Waals surface area contributed by atoms with Crippen molar-refractivity contribution in [3.63, 3.8) is 0 Å². The molecule has 56 heavy (non-hydrogen) atoms. The summed E-state index contributed by atoms with van der Waals surface area (Å²) < 4.78 is 10.2. The molecule has 0 aliphatic rings. The van der Waals surface area contributed by atoms with Crippen LogP contribution in [0, 0.1) is 0 Å². The van der Waals surface area contributed by atoms with Gasteiger partial charge < -0.3 is 9.30 Å². The van der Waals surface area contributed by atoms with E-state index in [0.717, 1.165) is 75.4 Å². The molecule has 0 saturated heterocycles. The van der Waals surface area contributed by atoms with E-state index in [1.165, 1.54) is 0 Å². The zero-order valence-corrected chi connectivity index (χ0v) is 32.2. The highest BCUT2D eigenvalue weighted by atomic mass is 35.5. The van der Waals surface area contributed by atoms with Crippen LogP contribution in [0.4, 0.5) is 0 Å². The number of unbranched alkanes of at least 4 members (excludes halogenated alkanes) is 1. The van der Waals surface area contributed by atoms with E-state index in [0.29, 0.717) is 17.5 Å². The SMILES string of the molecule is CCCCc1nc(Cl)c(C(OC)c2ccccn2)n1Cc1ccc(-c2ccccc2-c2nnnn2C(c2ccccc2)(c2ccccc2)c2ccccc2)cc1. The van der Waals surface area contributed by atoms with Crippen LogP contribution in [0.5, 0.6) is 0 Å². The molecule has 8 rings (SSSR count). The molecule has 1 atom stereocenters. The molecule has 1 unspecified atom stereocenters. The summed E-state index contributed by atoms with van der Waals surface area (Å²) in [5.74, 6) is 1.59.